The third-order valence-corrected chi connectivity index (χ3v) is 7.18. The third-order valence-electron chi connectivity index (χ3n) is 4.47. The highest BCUT2D eigenvalue weighted by Gasteiger charge is 2.27. The quantitative estimate of drug-likeness (QED) is 0.359. The van der Waals surface area contributed by atoms with Crippen molar-refractivity contribution in [1.82, 2.24) is 14.3 Å². The van der Waals surface area contributed by atoms with E-state index in [9.17, 15) is 18.0 Å². The standard InChI is InChI=1S/C20H24N4O5S2/c1-14-10-15(2)22-20(21-14)30-13-19(26)29-12-18(25)23-16-6-5-7-17(11-16)31(27,28)24-8-3-4-9-24/h5-7,10-11H,3-4,8-9,12-13H2,1-2H3,(H,23,25). The molecule has 3 rings (SSSR count). The number of nitrogens with one attached hydrogen (secondary N) is 1. The predicted octanol–water partition coefficient (Wildman–Crippen LogP) is 2.15. The molecule has 1 N–H and O–H groups in total. The van der Waals surface area contributed by atoms with Crippen LogP contribution in [-0.4, -0.2) is 60.0 Å². The number of amides is 1. The van der Waals surface area contributed by atoms with Crippen molar-refractivity contribution in [1.29, 1.82) is 0 Å². The highest BCUT2D eigenvalue weighted by Crippen LogP contribution is 2.23. The average Bonchev–Trinajstić information content (AvgIpc) is 3.26. The first-order valence-electron chi connectivity index (χ1n) is 9.75. The topological polar surface area (TPSA) is 119 Å². The Morgan fingerprint density at radius 1 is 1.13 bits per heavy atom. The molecule has 0 aliphatic carbocycles. The Labute approximate surface area is 185 Å². The van der Waals surface area contributed by atoms with Gasteiger partial charge in [-0.25, -0.2) is 18.4 Å². The predicted molar refractivity (Wildman–Crippen MR) is 116 cm³/mol. The van der Waals surface area contributed by atoms with Crippen molar-refractivity contribution in [3.05, 3.63) is 41.7 Å². The molecule has 0 unspecified atom stereocenters. The Kier molecular flexibility index (Phi) is 7.63. The van der Waals surface area contributed by atoms with Crippen LogP contribution >= 0.6 is 11.8 Å². The van der Waals surface area contributed by atoms with Gasteiger partial charge in [0.25, 0.3) is 5.91 Å². The lowest BCUT2D eigenvalue weighted by atomic mass is 10.3. The lowest BCUT2D eigenvalue weighted by Crippen LogP contribution is -2.28. The highest BCUT2D eigenvalue weighted by atomic mass is 32.2. The molecule has 166 valence electrons. The average molecular weight is 465 g/mol. The van der Waals surface area contributed by atoms with Crippen molar-refractivity contribution in [2.24, 2.45) is 0 Å². The minimum atomic E-state index is -3.58. The number of carbonyl (C=O) groups is 2. The number of carbonyl (C=O) groups excluding carboxylic acids is 2. The minimum Gasteiger partial charge on any atom is -0.455 e. The molecule has 0 bridgehead atoms. The van der Waals surface area contributed by atoms with Crippen LogP contribution in [0.3, 0.4) is 0 Å². The molecule has 31 heavy (non-hydrogen) atoms. The Hall–Kier alpha value is -2.50. The second-order valence-corrected chi connectivity index (χ2v) is 9.95. The van der Waals surface area contributed by atoms with Crippen molar-refractivity contribution in [2.45, 2.75) is 36.7 Å². The number of aromatic nitrogens is 2. The fourth-order valence-electron chi connectivity index (χ4n) is 3.08. The number of aryl methyl sites for hydroxylation is 2. The van der Waals surface area contributed by atoms with Gasteiger partial charge in [-0.2, -0.15) is 4.31 Å². The van der Waals surface area contributed by atoms with Gasteiger partial charge in [0.05, 0.1) is 10.6 Å². The molecule has 1 aliphatic rings. The van der Waals surface area contributed by atoms with E-state index in [1.54, 1.807) is 12.1 Å². The van der Waals surface area contributed by atoms with Gasteiger partial charge in [-0.3, -0.25) is 9.59 Å². The number of esters is 1. The zero-order valence-corrected chi connectivity index (χ0v) is 19.0. The molecule has 0 saturated carbocycles. The van der Waals surface area contributed by atoms with E-state index in [0.29, 0.717) is 23.9 Å². The van der Waals surface area contributed by atoms with Gasteiger partial charge in [-0.05, 0) is 51.0 Å². The summed E-state index contributed by atoms with van der Waals surface area (Å²) in [4.78, 5) is 32.6. The van der Waals surface area contributed by atoms with Crippen LogP contribution in [0.15, 0.2) is 40.4 Å². The number of nitrogens with zero attached hydrogens (tertiary/aromatic N) is 3. The number of hydrogen-bond donors (Lipinski definition) is 1. The summed E-state index contributed by atoms with van der Waals surface area (Å²) in [5.74, 6) is -1.16. The summed E-state index contributed by atoms with van der Waals surface area (Å²) < 4.78 is 31.7. The van der Waals surface area contributed by atoms with Crippen molar-refractivity contribution in [2.75, 3.05) is 30.8 Å². The molecular formula is C20H24N4O5S2. The maximum Gasteiger partial charge on any atom is 0.316 e. The zero-order valence-electron chi connectivity index (χ0n) is 17.3. The molecule has 1 aromatic heterocycles. The third kappa shape index (κ3) is 6.49. The SMILES string of the molecule is Cc1cc(C)nc(SCC(=O)OCC(=O)Nc2cccc(S(=O)(=O)N3CCCC3)c2)n1. The van der Waals surface area contributed by atoms with Gasteiger partial charge in [-0.1, -0.05) is 17.8 Å². The van der Waals surface area contributed by atoms with Gasteiger partial charge >= 0.3 is 5.97 Å². The summed E-state index contributed by atoms with van der Waals surface area (Å²) >= 11 is 1.13. The van der Waals surface area contributed by atoms with Crippen LogP contribution in [0.4, 0.5) is 5.69 Å². The smallest absolute Gasteiger partial charge is 0.316 e. The molecule has 1 aliphatic heterocycles. The number of anilines is 1. The molecule has 1 saturated heterocycles. The molecular weight excluding hydrogens is 440 g/mol. The van der Waals surface area contributed by atoms with E-state index in [0.717, 1.165) is 36.0 Å². The molecule has 2 aromatic rings. The summed E-state index contributed by atoms with van der Waals surface area (Å²) in [6, 6.07) is 7.87. The molecule has 1 aromatic carbocycles. The fourth-order valence-corrected chi connectivity index (χ4v) is 5.39. The van der Waals surface area contributed by atoms with E-state index < -0.39 is 28.5 Å². The first-order chi connectivity index (χ1) is 14.7. The number of ether oxygens (including phenoxy) is 1. The summed E-state index contributed by atoms with van der Waals surface area (Å²) in [6.07, 6.45) is 1.68. The number of thioether (sulfide) groups is 1. The van der Waals surface area contributed by atoms with Gasteiger partial charge in [0, 0.05) is 30.2 Å². The molecule has 0 atom stereocenters. The summed E-state index contributed by atoms with van der Waals surface area (Å²) in [6.45, 7) is 4.20. The van der Waals surface area contributed by atoms with E-state index in [1.165, 1.54) is 16.4 Å². The monoisotopic (exact) mass is 464 g/mol. The van der Waals surface area contributed by atoms with Crippen LogP contribution in [0.2, 0.25) is 0 Å². The van der Waals surface area contributed by atoms with E-state index in [1.807, 2.05) is 19.9 Å². The van der Waals surface area contributed by atoms with Crippen LogP contribution in [0, 0.1) is 13.8 Å². The number of hydrogen-bond acceptors (Lipinski definition) is 8. The molecule has 9 nitrogen and oxygen atoms in total. The van der Waals surface area contributed by atoms with E-state index >= 15 is 0 Å². The lowest BCUT2D eigenvalue weighted by Gasteiger charge is -2.16. The molecule has 1 amide bonds. The molecule has 0 radical (unpaired) electrons. The Bertz CT molecular complexity index is 1050. The van der Waals surface area contributed by atoms with Crippen molar-refractivity contribution in [3.8, 4) is 0 Å². The summed E-state index contributed by atoms with van der Waals surface area (Å²) in [7, 11) is -3.58. The van der Waals surface area contributed by atoms with E-state index in [-0.39, 0.29) is 10.6 Å². The second kappa shape index (κ2) is 10.2. The zero-order chi connectivity index (χ0) is 22.4. The lowest BCUT2D eigenvalue weighted by molar-refractivity contribution is -0.144. The number of rotatable bonds is 8. The van der Waals surface area contributed by atoms with Gasteiger partial charge in [-0.15, -0.1) is 0 Å². The second-order valence-electron chi connectivity index (χ2n) is 7.07. The maximum atomic E-state index is 12.6. The Morgan fingerprint density at radius 3 is 2.48 bits per heavy atom. The number of benzene rings is 1. The van der Waals surface area contributed by atoms with Gasteiger partial charge in [0.15, 0.2) is 11.8 Å². The van der Waals surface area contributed by atoms with E-state index in [2.05, 4.69) is 15.3 Å². The number of sulfonamides is 1. The van der Waals surface area contributed by atoms with Gasteiger partial charge in [0.1, 0.15) is 0 Å². The molecule has 2 heterocycles. The minimum absolute atomic E-state index is 0.0280. The molecule has 0 spiro atoms. The largest absolute Gasteiger partial charge is 0.455 e. The van der Waals surface area contributed by atoms with Crippen molar-refractivity contribution < 1.29 is 22.7 Å². The van der Waals surface area contributed by atoms with E-state index in [4.69, 9.17) is 4.74 Å². The maximum absolute atomic E-state index is 12.6. The van der Waals surface area contributed by atoms with Crippen molar-refractivity contribution in [3.63, 3.8) is 0 Å². The fraction of sp³-hybridized carbons (Fsp3) is 0.400. The van der Waals surface area contributed by atoms with Crippen LogP contribution in [0.25, 0.3) is 0 Å². The Morgan fingerprint density at radius 2 is 1.81 bits per heavy atom. The first kappa shape index (κ1) is 23.2. The normalized spacial score (nSPS) is 14.4. The summed E-state index contributed by atoms with van der Waals surface area (Å²) in [5.41, 5.74) is 1.92. The van der Waals surface area contributed by atoms with Crippen LogP contribution in [0.5, 0.6) is 0 Å². The van der Waals surface area contributed by atoms with Gasteiger partial charge in [0.2, 0.25) is 10.0 Å². The van der Waals surface area contributed by atoms with Gasteiger partial charge < -0.3 is 10.1 Å². The van der Waals surface area contributed by atoms with Crippen LogP contribution in [-0.2, 0) is 24.3 Å². The first-order valence-corrected chi connectivity index (χ1v) is 12.2. The molecule has 1 fully saturated rings. The Balaban J connectivity index is 1.50. The van der Waals surface area contributed by atoms with Crippen LogP contribution < -0.4 is 5.32 Å². The summed E-state index contributed by atoms with van der Waals surface area (Å²) in [5, 5.41) is 3.03. The van der Waals surface area contributed by atoms with Crippen molar-refractivity contribution >= 4 is 39.3 Å². The van der Waals surface area contributed by atoms with Crippen LogP contribution in [0.1, 0.15) is 24.2 Å². The molecule has 11 heteroatoms. The highest BCUT2D eigenvalue weighted by molar-refractivity contribution is 7.99.